The van der Waals surface area contributed by atoms with Crippen LogP contribution in [0.15, 0.2) is 58.7 Å². The number of esters is 1. The standard InChI is InChI=1S/C19H21N3O3S/c1-3-18(23)25-16-10-9-15(11-17(16)24-2)12-21-22-19(20)26-13-14-7-5-4-6-8-14/h4-12H,3,13H2,1-2H3,(H2,20,22). The van der Waals surface area contributed by atoms with Crippen molar-refractivity contribution in [3.8, 4) is 11.5 Å². The zero-order chi connectivity index (χ0) is 18.8. The summed E-state index contributed by atoms with van der Waals surface area (Å²) in [5.41, 5.74) is 7.77. The Morgan fingerprint density at radius 1 is 1.19 bits per heavy atom. The minimum Gasteiger partial charge on any atom is -0.493 e. The Balaban J connectivity index is 1.97. The first-order chi connectivity index (χ1) is 12.6. The smallest absolute Gasteiger partial charge is 0.311 e. The van der Waals surface area contributed by atoms with Crippen molar-refractivity contribution >= 4 is 29.1 Å². The topological polar surface area (TPSA) is 86.3 Å². The van der Waals surface area contributed by atoms with Crippen LogP contribution in [0.4, 0.5) is 0 Å². The molecule has 0 aliphatic heterocycles. The molecule has 0 aliphatic rings. The van der Waals surface area contributed by atoms with E-state index in [0.29, 0.717) is 23.1 Å². The van der Waals surface area contributed by atoms with Crippen LogP contribution in [0, 0.1) is 0 Å². The first-order valence-electron chi connectivity index (χ1n) is 8.04. The number of amidine groups is 1. The highest BCUT2D eigenvalue weighted by molar-refractivity contribution is 8.13. The maximum absolute atomic E-state index is 11.4. The number of carbonyl (C=O) groups excluding carboxylic acids is 1. The number of methoxy groups -OCH3 is 1. The third-order valence-corrected chi connectivity index (χ3v) is 4.15. The van der Waals surface area contributed by atoms with Gasteiger partial charge in [0, 0.05) is 12.2 Å². The lowest BCUT2D eigenvalue weighted by atomic mass is 10.2. The molecule has 0 bridgehead atoms. The quantitative estimate of drug-likeness (QED) is 0.264. The van der Waals surface area contributed by atoms with Crippen molar-refractivity contribution in [2.75, 3.05) is 7.11 Å². The normalized spacial score (nSPS) is 11.5. The largest absolute Gasteiger partial charge is 0.493 e. The molecular formula is C19H21N3O3S. The van der Waals surface area contributed by atoms with Crippen LogP contribution in [0.1, 0.15) is 24.5 Å². The number of ether oxygens (including phenoxy) is 2. The van der Waals surface area contributed by atoms with E-state index < -0.39 is 0 Å². The van der Waals surface area contributed by atoms with Gasteiger partial charge in [-0.1, -0.05) is 49.0 Å². The number of hydrogen-bond acceptors (Lipinski definition) is 6. The summed E-state index contributed by atoms with van der Waals surface area (Å²) in [5, 5.41) is 8.34. The van der Waals surface area contributed by atoms with Crippen molar-refractivity contribution in [3.63, 3.8) is 0 Å². The van der Waals surface area contributed by atoms with Crippen LogP contribution < -0.4 is 15.2 Å². The van der Waals surface area contributed by atoms with Crippen molar-refractivity contribution in [1.29, 1.82) is 0 Å². The van der Waals surface area contributed by atoms with Gasteiger partial charge >= 0.3 is 5.97 Å². The molecule has 2 aromatic rings. The van der Waals surface area contributed by atoms with Crippen LogP contribution in [0.3, 0.4) is 0 Å². The third kappa shape index (κ3) is 6.25. The van der Waals surface area contributed by atoms with E-state index in [1.165, 1.54) is 24.4 Å². The second-order valence-electron chi connectivity index (χ2n) is 5.20. The van der Waals surface area contributed by atoms with Gasteiger partial charge in [-0.05, 0) is 29.3 Å². The number of hydrogen-bond donors (Lipinski definition) is 1. The van der Waals surface area contributed by atoms with Gasteiger partial charge in [-0.2, -0.15) is 5.10 Å². The number of nitrogens with two attached hydrogens (primary N) is 1. The number of rotatable bonds is 7. The summed E-state index contributed by atoms with van der Waals surface area (Å²) in [7, 11) is 1.51. The summed E-state index contributed by atoms with van der Waals surface area (Å²) >= 11 is 1.42. The van der Waals surface area contributed by atoms with Gasteiger partial charge in [0.15, 0.2) is 16.7 Å². The maximum atomic E-state index is 11.4. The molecule has 7 heteroatoms. The summed E-state index contributed by atoms with van der Waals surface area (Å²) in [6, 6.07) is 15.1. The van der Waals surface area contributed by atoms with Crippen molar-refractivity contribution in [2.24, 2.45) is 15.9 Å². The van der Waals surface area contributed by atoms with Crippen molar-refractivity contribution in [2.45, 2.75) is 19.1 Å². The summed E-state index contributed by atoms with van der Waals surface area (Å²) in [5.74, 6) is 1.23. The van der Waals surface area contributed by atoms with E-state index in [9.17, 15) is 4.79 Å². The number of benzene rings is 2. The Hall–Kier alpha value is -2.80. The molecule has 0 aromatic heterocycles. The molecule has 0 saturated carbocycles. The predicted octanol–water partition coefficient (Wildman–Crippen LogP) is 3.59. The van der Waals surface area contributed by atoms with E-state index in [-0.39, 0.29) is 5.97 Å². The molecule has 0 saturated heterocycles. The van der Waals surface area contributed by atoms with Crippen molar-refractivity contribution in [3.05, 3.63) is 59.7 Å². The molecule has 26 heavy (non-hydrogen) atoms. The molecule has 0 unspecified atom stereocenters. The molecule has 2 N–H and O–H groups in total. The molecule has 6 nitrogen and oxygen atoms in total. The highest BCUT2D eigenvalue weighted by Gasteiger charge is 2.08. The van der Waals surface area contributed by atoms with Gasteiger partial charge in [-0.25, -0.2) is 0 Å². The fourth-order valence-electron chi connectivity index (χ4n) is 1.96. The highest BCUT2D eigenvalue weighted by atomic mass is 32.2. The Morgan fingerprint density at radius 3 is 2.65 bits per heavy atom. The molecule has 0 atom stereocenters. The van der Waals surface area contributed by atoms with Crippen LogP contribution in [-0.4, -0.2) is 24.5 Å². The Labute approximate surface area is 157 Å². The van der Waals surface area contributed by atoms with Crippen LogP contribution in [0.2, 0.25) is 0 Å². The number of thioether (sulfide) groups is 1. The number of carbonyl (C=O) groups is 1. The first kappa shape index (κ1) is 19.5. The highest BCUT2D eigenvalue weighted by Crippen LogP contribution is 2.28. The molecule has 0 heterocycles. The van der Waals surface area contributed by atoms with Crippen molar-refractivity contribution < 1.29 is 14.3 Å². The summed E-state index contributed by atoms with van der Waals surface area (Å²) in [4.78, 5) is 11.4. The van der Waals surface area contributed by atoms with E-state index in [0.717, 1.165) is 11.3 Å². The van der Waals surface area contributed by atoms with E-state index in [1.54, 1.807) is 31.3 Å². The molecule has 0 amide bonds. The molecule has 2 rings (SSSR count). The predicted molar refractivity (Wildman–Crippen MR) is 106 cm³/mol. The Kier molecular flexibility index (Phi) is 7.70. The molecule has 0 radical (unpaired) electrons. The average molecular weight is 371 g/mol. The lowest BCUT2D eigenvalue weighted by molar-refractivity contribution is -0.134. The van der Waals surface area contributed by atoms with Gasteiger partial charge in [0.1, 0.15) is 0 Å². The molecule has 136 valence electrons. The maximum Gasteiger partial charge on any atom is 0.311 e. The molecule has 0 fully saturated rings. The zero-order valence-electron chi connectivity index (χ0n) is 14.7. The van der Waals surface area contributed by atoms with E-state index >= 15 is 0 Å². The van der Waals surface area contributed by atoms with Gasteiger partial charge in [0.25, 0.3) is 0 Å². The Morgan fingerprint density at radius 2 is 1.96 bits per heavy atom. The lowest BCUT2D eigenvalue weighted by Gasteiger charge is -2.08. The van der Waals surface area contributed by atoms with Gasteiger partial charge in [-0.3, -0.25) is 4.79 Å². The van der Waals surface area contributed by atoms with E-state index in [4.69, 9.17) is 15.2 Å². The third-order valence-electron chi connectivity index (χ3n) is 3.29. The fourth-order valence-corrected chi connectivity index (χ4v) is 2.57. The first-order valence-corrected chi connectivity index (χ1v) is 9.03. The summed E-state index contributed by atoms with van der Waals surface area (Å²) in [6.07, 6.45) is 1.85. The van der Waals surface area contributed by atoms with Crippen LogP contribution >= 0.6 is 11.8 Å². The minimum atomic E-state index is -0.322. The SMILES string of the molecule is CCC(=O)Oc1ccc(C=NN=C(N)SCc2ccccc2)cc1OC. The van der Waals surface area contributed by atoms with Gasteiger partial charge < -0.3 is 15.2 Å². The average Bonchev–Trinajstić information content (AvgIpc) is 2.68. The molecule has 2 aromatic carbocycles. The van der Waals surface area contributed by atoms with Crippen molar-refractivity contribution in [1.82, 2.24) is 0 Å². The summed E-state index contributed by atoms with van der Waals surface area (Å²) in [6.45, 7) is 1.73. The monoisotopic (exact) mass is 371 g/mol. The second kappa shape index (κ2) is 10.2. The van der Waals surface area contributed by atoms with Gasteiger partial charge in [0.05, 0.1) is 13.3 Å². The zero-order valence-corrected chi connectivity index (χ0v) is 15.5. The van der Waals surface area contributed by atoms with Crippen LogP contribution in [0.5, 0.6) is 11.5 Å². The lowest BCUT2D eigenvalue weighted by Crippen LogP contribution is -2.07. The van der Waals surface area contributed by atoms with Crippen LogP contribution in [0.25, 0.3) is 0 Å². The minimum absolute atomic E-state index is 0.293. The molecular weight excluding hydrogens is 350 g/mol. The van der Waals surface area contributed by atoms with E-state index in [1.807, 2.05) is 30.3 Å². The van der Waals surface area contributed by atoms with Crippen LogP contribution in [-0.2, 0) is 10.5 Å². The fraction of sp³-hybridized carbons (Fsp3) is 0.211. The Bertz CT molecular complexity index is 792. The van der Waals surface area contributed by atoms with Gasteiger partial charge in [-0.15, -0.1) is 5.10 Å². The second-order valence-corrected chi connectivity index (χ2v) is 6.19. The number of nitrogens with zero attached hydrogens (tertiary/aromatic N) is 2. The molecule has 0 aliphatic carbocycles. The van der Waals surface area contributed by atoms with Gasteiger partial charge in [0.2, 0.25) is 0 Å². The molecule has 0 spiro atoms. The van der Waals surface area contributed by atoms with E-state index in [2.05, 4.69) is 10.2 Å². The summed E-state index contributed by atoms with van der Waals surface area (Å²) < 4.78 is 10.4.